The number of benzene rings is 2. The number of nitrogens with one attached hydrogen (secondary N) is 1. The largest absolute Gasteiger partial charge is 0.485 e. The van der Waals surface area contributed by atoms with E-state index in [1.165, 1.54) is 0 Å². The van der Waals surface area contributed by atoms with Gasteiger partial charge in [-0.15, -0.1) is 0 Å². The lowest BCUT2D eigenvalue weighted by Crippen LogP contribution is -2.37. The third kappa shape index (κ3) is 4.30. The predicted octanol–water partition coefficient (Wildman–Crippen LogP) is 4.75. The second-order valence-electron chi connectivity index (χ2n) is 8.38. The summed E-state index contributed by atoms with van der Waals surface area (Å²) in [6.07, 6.45) is 3.23. The van der Waals surface area contributed by atoms with Gasteiger partial charge in [0, 0.05) is 11.6 Å². The standard InChI is InChI=1S/C24H24ClN3O3/c25-18-10-6-15(7-11-18)13-26-23(29)21-16-8-9-17(12-16)22(21)24-27-20(28-31-24)14-30-19-4-2-1-3-5-19/h1-7,10-11,16-17,21-22H,8-9,12-14H2,(H,26,29)/t16-,17+,21-,22-/m0/s1. The number of aromatic nitrogens is 2. The molecule has 1 amide bonds. The Hall–Kier alpha value is -2.86. The van der Waals surface area contributed by atoms with Crippen LogP contribution in [0.15, 0.2) is 59.1 Å². The molecular weight excluding hydrogens is 414 g/mol. The molecule has 0 saturated heterocycles. The highest BCUT2D eigenvalue weighted by molar-refractivity contribution is 6.30. The Bertz CT molecular complexity index is 1040. The highest BCUT2D eigenvalue weighted by Crippen LogP contribution is 2.56. The van der Waals surface area contributed by atoms with Crippen molar-refractivity contribution in [1.29, 1.82) is 0 Å². The smallest absolute Gasteiger partial charge is 0.230 e. The molecule has 2 bridgehead atoms. The molecule has 31 heavy (non-hydrogen) atoms. The summed E-state index contributed by atoms with van der Waals surface area (Å²) >= 11 is 5.95. The fraction of sp³-hybridized carbons (Fsp3) is 0.375. The number of amides is 1. The molecule has 1 heterocycles. The Balaban J connectivity index is 1.26. The molecule has 2 aliphatic carbocycles. The van der Waals surface area contributed by atoms with Gasteiger partial charge in [-0.25, -0.2) is 0 Å². The molecule has 6 nitrogen and oxygen atoms in total. The minimum atomic E-state index is -0.130. The van der Waals surface area contributed by atoms with Crippen molar-refractivity contribution in [2.24, 2.45) is 17.8 Å². The second kappa shape index (κ2) is 8.71. The van der Waals surface area contributed by atoms with Crippen molar-refractivity contribution in [2.45, 2.75) is 38.3 Å². The number of carbonyl (C=O) groups excluding carboxylic acids is 1. The third-order valence-electron chi connectivity index (χ3n) is 6.48. The van der Waals surface area contributed by atoms with Gasteiger partial charge < -0.3 is 14.6 Å². The number of para-hydroxylation sites is 1. The maximum atomic E-state index is 13.1. The van der Waals surface area contributed by atoms with Crippen molar-refractivity contribution < 1.29 is 14.1 Å². The van der Waals surface area contributed by atoms with Crippen LogP contribution in [-0.2, 0) is 17.9 Å². The van der Waals surface area contributed by atoms with Gasteiger partial charge in [0.1, 0.15) is 5.75 Å². The van der Waals surface area contributed by atoms with Gasteiger partial charge in [-0.3, -0.25) is 4.79 Å². The SMILES string of the molecule is O=C(NCc1ccc(Cl)cc1)[C@H]1[C@H]2CC[C@H](C2)[C@@H]1c1nc(COc2ccccc2)no1. The van der Waals surface area contributed by atoms with Gasteiger partial charge in [-0.05, 0) is 60.9 Å². The van der Waals surface area contributed by atoms with Crippen LogP contribution in [0, 0.1) is 17.8 Å². The monoisotopic (exact) mass is 437 g/mol. The van der Waals surface area contributed by atoms with E-state index in [2.05, 4.69) is 15.5 Å². The molecule has 1 N–H and O–H groups in total. The molecule has 2 aromatic carbocycles. The van der Waals surface area contributed by atoms with Crippen molar-refractivity contribution >= 4 is 17.5 Å². The predicted molar refractivity (Wildman–Crippen MR) is 115 cm³/mol. The first kappa shape index (κ1) is 20.1. The molecule has 4 atom stereocenters. The van der Waals surface area contributed by atoms with Crippen LogP contribution in [0.2, 0.25) is 5.02 Å². The normalized spacial score (nSPS) is 24.3. The highest BCUT2D eigenvalue weighted by Gasteiger charge is 2.53. The Labute approximate surface area is 185 Å². The maximum Gasteiger partial charge on any atom is 0.230 e. The quantitative estimate of drug-likeness (QED) is 0.577. The van der Waals surface area contributed by atoms with Crippen molar-refractivity contribution in [2.75, 3.05) is 0 Å². The van der Waals surface area contributed by atoms with Crippen LogP contribution in [0.5, 0.6) is 5.75 Å². The van der Waals surface area contributed by atoms with Gasteiger partial charge >= 0.3 is 0 Å². The van der Waals surface area contributed by atoms with Gasteiger partial charge in [-0.1, -0.05) is 47.1 Å². The topological polar surface area (TPSA) is 77.2 Å². The molecule has 0 radical (unpaired) electrons. The molecule has 2 fully saturated rings. The zero-order valence-corrected chi connectivity index (χ0v) is 17.8. The van der Waals surface area contributed by atoms with Crippen LogP contribution < -0.4 is 10.1 Å². The lowest BCUT2D eigenvalue weighted by atomic mass is 9.78. The maximum absolute atomic E-state index is 13.1. The van der Waals surface area contributed by atoms with Crippen LogP contribution >= 0.6 is 11.6 Å². The number of ether oxygens (including phenoxy) is 1. The van der Waals surface area contributed by atoms with Crippen molar-refractivity contribution in [3.63, 3.8) is 0 Å². The molecule has 0 aliphatic heterocycles. The second-order valence-corrected chi connectivity index (χ2v) is 8.82. The fourth-order valence-corrected chi connectivity index (χ4v) is 5.19. The van der Waals surface area contributed by atoms with E-state index in [0.717, 1.165) is 30.6 Å². The van der Waals surface area contributed by atoms with E-state index in [9.17, 15) is 4.79 Å². The zero-order valence-electron chi connectivity index (χ0n) is 17.0. The summed E-state index contributed by atoms with van der Waals surface area (Å²) in [5.41, 5.74) is 1.02. The Morgan fingerprint density at radius 2 is 1.87 bits per heavy atom. The summed E-state index contributed by atoms with van der Waals surface area (Å²) in [7, 11) is 0. The number of nitrogens with zero attached hydrogens (tertiary/aromatic N) is 2. The van der Waals surface area contributed by atoms with Gasteiger partial charge in [-0.2, -0.15) is 4.98 Å². The highest BCUT2D eigenvalue weighted by atomic mass is 35.5. The van der Waals surface area contributed by atoms with Crippen molar-refractivity contribution in [1.82, 2.24) is 15.5 Å². The summed E-state index contributed by atoms with van der Waals surface area (Å²) in [5, 5.41) is 7.89. The summed E-state index contributed by atoms with van der Waals surface area (Å²) in [4.78, 5) is 17.7. The molecule has 7 heteroatoms. The van der Waals surface area contributed by atoms with E-state index in [1.54, 1.807) is 0 Å². The van der Waals surface area contributed by atoms with Crippen molar-refractivity contribution in [3.8, 4) is 5.75 Å². The minimum Gasteiger partial charge on any atom is -0.485 e. The Morgan fingerprint density at radius 1 is 1.10 bits per heavy atom. The average Bonchev–Trinajstić information content (AvgIpc) is 3.54. The number of halogens is 1. The summed E-state index contributed by atoms with van der Waals surface area (Å²) in [6, 6.07) is 17.1. The van der Waals surface area contributed by atoms with Gasteiger partial charge in [0.2, 0.25) is 17.6 Å². The van der Waals surface area contributed by atoms with E-state index in [1.807, 2.05) is 54.6 Å². The molecule has 160 valence electrons. The Morgan fingerprint density at radius 3 is 2.68 bits per heavy atom. The van der Waals surface area contributed by atoms with Crippen LogP contribution in [0.4, 0.5) is 0 Å². The lowest BCUT2D eigenvalue weighted by Gasteiger charge is -2.27. The fourth-order valence-electron chi connectivity index (χ4n) is 5.06. The number of carbonyl (C=O) groups is 1. The van der Waals surface area contributed by atoms with Gasteiger partial charge in [0.05, 0.1) is 11.8 Å². The molecule has 1 aromatic heterocycles. The van der Waals surface area contributed by atoms with E-state index < -0.39 is 0 Å². The molecule has 2 saturated carbocycles. The van der Waals surface area contributed by atoms with Crippen LogP contribution in [0.3, 0.4) is 0 Å². The number of hydrogen-bond acceptors (Lipinski definition) is 5. The minimum absolute atomic E-state index is 0.0260. The van der Waals surface area contributed by atoms with E-state index in [-0.39, 0.29) is 24.3 Å². The molecule has 5 rings (SSSR count). The number of hydrogen-bond donors (Lipinski definition) is 1. The van der Waals surface area contributed by atoms with E-state index >= 15 is 0 Å². The zero-order chi connectivity index (χ0) is 21.2. The lowest BCUT2D eigenvalue weighted by molar-refractivity contribution is -0.127. The van der Waals surface area contributed by atoms with Crippen molar-refractivity contribution in [3.05, 3.63) is 76.9 Å². The molecule has 0 unspecified atom stereocenters. The third-order valence-corrected chi connectivity index (χ3v) is 6.73. The average molecular weight is 438 g/mol. The van der Waals surface area contributed by atoms with Crippen LogP contribution in [0.1, 0.15) is 42.5 Å². The molecule has 3 aromatic rings. The van der Waals surface area contributed by atoms with E-state index in [0.29, 0.717) is 35.1 Å². The van der Waals surface area contributed by atoms with Gasteiger partial charge in [0.25, 0.3) is 0 Å². The first-order valence-corrected chi connectivity index (χ1v) is 11.1. The van der Waals surface area contributed by atoms with Crippen LogP contribution in [0.25, 0.3) is 0 Å². The summed E-state index contributed by atoms with van der Waals surface area (Å²) in [6.45, 7) is 0.721. The number of fused-ring (bicyclic) bond motifs is 2. The number of rotatable bonds is 7. The first-order chi connectivity index (χ1) is 15.2. The molecule has 0 spiro atoms. The van der Waals surface area contributed by atoms with Crippen LogP contribution in [-0.4, -0.2) is 16.0 Å². The van der Waals surface area contributed by atoms with Gasteiger partial charge in [0.15, 0.2) is 6.61 Å². The summed E-state index contributed by atoms with van der Waals surface area (Å²) < 4.78 is 11.3. The first-order valence-electron chi connectivity index (χ1n) is 10.7. The van der Waals surface area contributed by atoms with E-state index in [4.69, 9.17) is 20.9 Å². The Kier molecular flexibility index (Phi) is 5.64. The molecule has 2 aliphatic rings. The summed E-state index contributed by atoms with van der Waals surface area (Å²) in [5.74, 6) is 2.51. The molecular formula is C24H24ClN3O3.